The summed E-state index contributed by atoms with van der Waals surface area (Å²) in [5.41, 5.74) is 1.24. The molecule has 0 radical (unpaired) electrons. The zero-order valence-corrected chi connectivity index (χ0v) is 9.93. The maximum absolute atomic E-state index is 4.97. The van der Waals surface area contributed by atoms with Crippen LogP contribution < -0.4 is 5.32 Å². The molecule has 3 nitrogen and oxygen atoms in total. The van der Waals surface area contributed by atoms with Gasteiger partial charge in [-0.3, -0.25) is 4.98 Å². The van der Waals surface area contributed by atoms with Gasteiger partial charge in [-0.25, -0.2) is 0 Å². The van der Waals surface area contributed by atoms with E-state index >= 15 is 0 Å². The fourth-order valence-electron chi connectivity index (χ4n) is 1.12. The van der Waals surface area contributed by atoms with E-state index in [1.807, 2.05) is 24.0 Å². The second-order valence-electron chi connectivity index (χ2n) is 3.14. The molecule has 0 aliphatic carbocycles. The zero-order chi connectivity index (χ0) is 10.8. The minimum absolute atomic E-state index is 0.841. The van der Waals surface area contributed by atoms with Gasteiger partial charge in [-0.1, -0.05) is 6.07 Å². The maximum atomic E-state index is 4.97. The fourth-order valence-corrected chi connectivity index (χ4v) is 1.90. The number of pyridine rings is 1. The van der Waals surface area contributed by atoms with Gasteiger partial charge in [-0.15, -0.1) is 0 Å². The maximum Gasteiger partial charge on any atom is 0.0552 e. The Morgan fingerprint density at radius 2 is 2.40 bits per heavy atom. The van der Waals surface area contributed by atoms with E-state index in [1.54, 1.807) is 13.3 Å². The number of nitrogens with one attached hydrogen (secondary N) is 1. The van der Waals surface area contributed by atoms with Gasteiger partial charge in [0.05, 0.1) is 6.61 Å². The summed E-state index contributed by atoms with van der Waals surface area (Å²) < 4.78 is 4.97. The number of hydrogen-bond acceptors (Lipinski definition) is 4. The Kier molecular flexibility index (Phi) is 7.25. The van der Waals surface area contributed by atoms with Gasteiger partial charge in [0.1, 0.15) is 0 Å². The molecule has 0 aliphatic rings. The molecule has 0 aliphatic heterocycles. The minimum atomic E-state index is 0.841. The quantitative estimate of drug-likeness (QED) is 0.682. The third-order valence-corrected chi connectivity index (χ3v) is 2.86. The summed E-state index contributed by atoms with van der Waals surface area (Å²) in [5.74, 6) is 2.20. The highest BCUT2D eigenvalue weighted by atomic mass is 32.2. The van der Waals surface area contributed by atoms with E-state index in [-0.39, 0.29) is 0 Å². The van der Waals surface area contributed by atoms with Crippen LogP contribution in [0.4, 0.5) is 0 Å². The van der Waals surface area contributed by atoms with Crippen molar-refractivity contribution in [1.29, 1.82) is 0 Å². The molecule has 0 fully saturated rings. The van der Waals surface area contributed by atoms with Crippen LogP contribution in [0.1, 0.15) is 5.56 Å². The summed E-state index contributed by atoms with van der Waals surface area (Å²) in [6.45, 7) is 2.77. The number of thioether (sulfide) groups is 1. The third-order valence-electron chi connectivity index (χ3n) is 1.91. The highest BCUT2D eigenvalue weighted by molar-refractivity contribution is 7.99. The molecule has 0 unspecified atom stereocenters. The van der Waals surface area contributed by atoms with Crippen molar-refractivity contribution >= 4 is 11.8 Å². The average Bonchev–Trinajstić information content (AvgIpc) is 2.29. The largest absolute Gasteiger partial charge is 0.384 e. The first kappa shape index (κ1) is 12.5. The predicted molar refractivity (Wildman–Crippen MR) is 65.1 cm³/mol. The molecule has 0 spiro atoms. The summed E-state index contributed by atoms with van der Waals surface area (Å²) in [6, 6.07) is 4.04. The Hall–Kier alpha value is -0.580. The summed E-state index contributed by atoms with van der Waals surface area (Å²) >= 11 is 1.91. The number of aromatic nitrogens is 1. The Morgan fingerprint density at radius 3 is 3.13 bits per heavy atom. The smallest absolute Gasteiger partial charge is 0.0552 e. The van der Waals surface area contributed by atoms with Crippen molar-refractivity contribution < 1.29 is 4.74 Å². The van der Waals surface area contributed by atoms with Crippen LogP contribution in [-0.4, -0.2) is 36.8 Å². The van der Waals surface area contributed by atoms with E-state index in [0.29, 0.717) is 0 Å². The van der Waals surface area contributed by atoms with Gasteiger partial charge in [-0.2, -0.15) is 11.8 Å². The van der Waals surface area contributed by atoms with Crippen molar-refractivity contribution in [2.75, 3.05) is 31.8 Å². The van der Waals surface area contributed by atoms with Gasteiger partial charge in [0.15, 0.2) is 0 Å². The Labute approximate surface area is 95.6 Å². The summed E-state index contributed by atoms with van der Waals surface area (Å²) in [7, 11) is 1.74. The molecular formula is C11H18N2OS. The number of rotatable bonds is 8. The Bertz CT molecular complexity index is 244. The van der Waals surface area contributed by atoms with Gasteiger partial charge in [-0.05, 0) is 11.6 Å². The van der Waals surface area contributed by atoms with E-state index in [1.165, 1.54) is 5.56 Å². The van der Waals surface area contributed by atoms with Crippen LogP contribution in [0.25, 0.3) is 0 Å². The van der Waals surface area contributed by atoms with Crippen LogP contribution in [0.3, 0.4) is 0 Å². The predicted octanol–water partition coefficient (Wildman–Crippen LogP) is 1.55. The Morgan fingerprint density at radius 1 is 1.47 bits per heavy atom. The Balaban J connectivity index is 1.93. The molecule has 15 heavy (non-hydrogen) atoms. The zero-order valence-electron chi connectivity index (χ0n) is 9.11. The fraction of sp³-hybridized carbons (Fsp3) is 0.545. The molecule has 4 heteroatoms. The molecule has 0 amide bonds. The van der Waals surface area contributed by atoms with Gasteiger partial charge in [0.25, 0.3) is 0 Å². The number of ether oxygens (including phenoxy) is 1. The molecule has 0 aromatic carbocycles. The lowest BCUT2D eigenvalue weighted by atomic mass is 10.3. The second kappa shape index (κ2) is 8.71. The summed E-state index contributed by atoms with van der Waals surface area (Å²) in [5, 5.41) is 3.38. The lowest BCUT2D eigenvalue weighted by molar-refractivity contribution is 0.218. The van der Waals surface area contributed by atoms with Crippen LogP contribution in [0.2, 0.25) is 0 Å². The first-order chi connectivity index (χ1) is 7.43. The van der Waals surface area contributed by atoms with Crippen molar-refractivity contribution in [3.8, 4) is 0 Å². The van der Waals surface area contributed by atoms with E-state index in [4.69, 9.17) is 4.74 Å². The van der Waals surface area contributed by atoms with Gasteiger partial charge >= 0.3 is 0 Å². The van der Waals surface area contributed by atoms with Crippen LogP contribution in [0.5, 0.6) is 0 Å². The van der Waals surface area contributed by atoms with Gasteiger partial charge < -0.3 is 10.1 Å². The van der Waals surface area contributed by atoms with Crippen molar-refractivity contribution in [3.05, 3.63) is 30.1 Å². The van der Waals surface area contributed by atoms with Gasteiger partial charge in [0.2, 0.25) is 0 Å². The SMILES string of the molecule is COCCSCCNCc1cccnc1. The monoisotopic (exact) mass is 226 g/mol. The molecule has 1 rings (SSSR count). The average molecular weight is 226 g/mol. The lowest BCUT2D eigenvalue weighted by Crippen LogP contribution is -2.16. The number of hydrogen-bond donors (Lipinski definition) is 1. The minimum Gasteiger partial charge on any atom is -0.384 e. The van der Waals surface area contributed by atoms with Crippen LogP contribution >= 0.6 is 11.8 Å². The first-order valence-corrected chi connectivity index (χ1v) is 6.25. The van der Waals surface area contributed by atoms with Crippen LogP contribution in [0.15, 0.2) is 24.5 Å². The lowest BCUT2D eigenvalue weighted by Gasteiger charge is -2.04. The van der Waals surface area contributed by atoms with Crippen molar-refractivity contribution in [2.45, 2.75) is 6.54 Å². The standard InChI is InChI=1S/C11H18N2OS/c1-14-6-8-15-7-5-13-10-11-3-2-4-12-9-11/h2-4,9,13H,5-8,10H2,1H3. The van der Waals surface area contributed by atoms with E-state index in [2.05, 4.69) is 16.4 Å². The molecule has 1 N–H and O–H groups in total. The molecule has 84 valence electrons. The van der Waals surface area contributed by atoms with E-state index < -0.39 is 0 Å². The van der Waals surface area contributed by atoms with Crippen molar-refractivity contribution in [2.24, 2.45) is 0 Å². The molecule has 0 atom stereocenters. The molecule has 1 heterocycles. The molecule has 1 aromatic rings. The molecule has 0 bridgehead atoms. The summed E-state index contributed by atoms with van der Waals surface area (Å²) in [4.78, 5) is 4.06. The van der Waals surface area contributed by atoms with E-state index in [9.17, 15) is 0 Å². The summed E-state index contributed by atoms with van der Waals surface area (Å²) in [6.07, 6.45) is 3.69. The number of nitrogens with zero attached hydrogens (tertiary/aromatic N) is 1. The molecule has 1 aromatic heterocycles. The molecule has 0 saturated heterocycles. The topological polar surface area (TPSA) is 34.1 Å². The van der Waals surface area contributed by atoms with Crippen LogP contribution in [0, 0.1) is 0 Å². The van der Waals surface area contributed by atoms with E-state index in [0.717, 1.165) is 31.2 Å². The van der Waals surface area contributed by atoms with Crippen molar-refractivity contribution in [1.82, 2.24) is 10.3 Å². The normalized spacial score (nSPS) is 10.5. The third kappa shape index (κ3) is 6.49. The highest BCUT2D eigenvalue weighted by Crippen LogP contribution is 1.98. The van der Waals surface area contributed by atoms with Crippen molar-refractivity contribution in [3.63, 3.8) is 0 Å². The van der Waals surface area contributed by atoms with Gasteiger partial charge in [0, 0.05) is 44.1 Å². The second-order valence-corrected chi connectivity index (χ2v) is 4.37. The highest BCUT2D eigenvalue weighted by Gasteiger charge is 1.92. The first-order valence-electron chi connectivity index (χ1n) is 5.10. The molecular weight excluding hydrogens is 208 g/mol. The molecule has 0 saturated carbocycles. The van der Waals surface area contributed by atoms with Crippen LogP contribution in [-0.2, 0) is 11.3 Å². The number of methoxy groups -OCH3 is 1.